The summed E-state index contributed by atoms with van der Waals surface area (Å²) in [4.78, 5) is 6.81. The minimum Gasteiger partial charge on any atom is -0.385 e. The van der Waals surface area contributed by atoms with E-state index in [4.69, 9.17) is 9.47 Å². The first-order chi connectivity index (χ1) is 13.1. The lowest BCUT2D eigenvalue weighted by Crippen LogP contribution is -2.44. The van der Waals surface area contributed by atoms with Crippen LogP contribution in [0.5, 0.6) is 0 Å². The molecule has 1 aromatic carbocycles. The van der Waals surface area contributed by atoms with Gasteiger partial charge in [0.2, 0.25) is 0 Å². The van der Waals surface area contributed by atoms with Gasteiger partial charge in [-0.3, -0.25) is 4.90 Å². The van der Waals surface area contributed by atoms with Crippen molar-refractivity contribution in [1.29, 1.82) is 0 Å². The van der Waals surface area contributed by atoms with Crippen molar-refractivity contribution in [3.05, 3.63) is 48.3 Å². The van der Waals surface area contributed by atoms with Crippen molar-refractivity contribution in [2.75, 3.05) is 44.8 Å². The molecule has 6 nitrogen and oxygen atoms in total. The lowest BCUT2D eigenvalue weighted by Gasteiger charge is -2.31. The van der Waals surface area contributed by atoms with Crippen molar-refractivity contribution in [3.8, 4) is 0 Å². The lowest BCUT2D eigenvalue weighted by atomic mass is 9.94. The van der Waals surface area contributed by atoms with Crippen LogP contribution in [0, 0.1) is 11.7 Å². The molecule has 2 fully saturated rings. The summed E-state index contributed by atoms with van der Waals surface area (Å²) < 4.78 is 27.5. The Bertz CT molecular complexity index is 768. The number of imidazole rings is 1. The van der Waals surface area contributed by atoms with E-state index in [1.807, 2.05) is 25.5 Å². The Balaban J connectivity index is 1.35. The molecule has 146 valence electrons. The van der Waals surface area contributed by atoms with Crippen LogP contribution in [-0.2, 0) is 23.1 Å². The molecule has 27 heavy (non-hydrogen) atoms. The Morgan fingerprint density at radius 3 is 3.15 bits per heavy atom. The second-order valence-corrected chi connectivity index (χ2v) is 7.67. The molecule has 2 aromatic rings. The molecule has 1 spiro atoms. The molecule has 0 saturated carbocycles. The van der Waals surface area contributed by atoms with Crippen molar-refractivity contribution in [2.45, 2.75) is 18.6 Å². The van der Waals surface area contributed by atoms with E-state index in [0.717, 1.165) is 44.1 Å². The molecular weight excluding hydrogens is 347 g/mol. The standard InChI is InChI=1S/C20H27FN4O2/c1-24-6-5-22-19(24)12-25-7-8-26-15-20(14-25)10-16(13-27-20)11-23-18-4-2-3-17(21)9-18/h2-6,9,16,23H,7-8,10-15H2,1H3/t16-,20+/m0/s1. The van der Waals surface area contributed by atoms with Crippen molar-refractivity contribution < 1.29 is 13.9 Å². The van der Waals surface area contributed by atoms with E-state index in [0.29, 0.717) is 25.7 Å². The number of benzene rings is 1. The second-order valence-electron chi connectivity index (χ2n) is 7.67. The summed E-state index contributed by atoms with van der Waals surface area (Å²) in [5.41, 5.74) is 0.542. The van der Waals surface area contributed by atoms with Crippen molar-refractivity contribution >= 4 is 5.69 Å². The molecule has 0 unspecified atom stereocenters. The van der Waals surface area contributed by atoms with Gasteiger partial charge in [-0.2, -0.15) is 0 Å². The largest absolute Gasteiger partial charge is 0.385 e. The van der Waals surface area contributed by atoms with Crippen LogP contribution >= 0.6 is 0 Å². The highest BCUT2D eigenvalue weighted by atomic mass is 19.1. The molecule has 2 aliphatic rings. The summed E-state index contributed by atoms with van der Waals surface area (Å²) >= 11 is 0. The van der Waals surface area contributed by atoms with E-state index in [-0.39, 0.29) is 11.4 Å². The normalized spacial score (nSPS) is 26.4. The van der Waals surface area contributed by atoms with E-state index in [2.05, 4.69) is 19.8 Å². The van der Waals surface area contributed by atoms with E-state index in [1.54, 1.807) is 6.07 Å². The Morgan fingerprint density at radius 1 is 1.41 bits per heavy atom. The van der Waals surface area contributed by atoms with Crippen LogP contribution in [-0.4, -0.2) is 59.5 Å². The third kappa shape index (κ3) is 4.48. The molecule has 4 rings (SSSR count). The zero-order valence-electron chi connectivity index (χ0n) is 15.7. The molecule has 1 N–H and O–H groups in total. The summed E-state index contributed by atoms with van der Waals surface area (Å²) in [5.74, 6) is 1.21. The number of halogens is 1. The van der Waals surface area contributed by atoms with Crippen LogP contribution in [0.3, 0.4) is 0 Å². The maximum absolute atomic E-state index is 13.3. The van der Waals surface area contributed by atoms with Gasteiger partial charge in [0, 0.05) is 50.7 Å². The number of nitrogens with one attached hydrogen (secondary N) is 1. The van der Waals surface area contributed by atoms with E-state index in [1.165, 1.54) is 12.1 Å². The van der Waals surface area contributed by atoms with E-state index < -0.39 is 0 Å². The van der Waals surface area contributed by atoms with Crippen LogP contribution in [0.25, 0.3) is 0 Å². The highest BCUT2D eigenvalue weighted by Gasteiger charge is 2.43. The Hall–Kier alpha value is -1.96. The number of nitrogens with zero attached hydrogens (tertiary/aromatic N) is 3. The van der Waals surface area contributed by atoms with Gasteiger partial charge in [-0.05, 0) is 24.6 Å². The molecule has 0 aliphatic carbocycles. The molecule has 3 heterocycles. The summed E-state index contributed by atoms with van der Waals surface area (Å²) in [6.07, 6.45) is 4.74. The molecule has 2 aliphatic heterocycles. The molecule has 2 atom stereocenters. The van der Waals surface area contributed by atoms with E-state index >= 15 is 0 Å². The SMILES string of the molecule is Cn1ccnc1CN1CCOC[C@@]2(C[C@@H](CNc3cccc(F)c3)CO2)C1. The highest BCUT2D eigenvalue weighted by molar-refractivity contribution is 5.43. The molecule has 0 bridgehead atoms. The van der Waals surface area contributed by atoms with Gasteiger partial charge in [0.1, 0.15) is 17.2 Å². The maximum atomic E-state index is 13.3. The van der Waals surface area contributed by atoms with Gasteiger partial charge in [0.05, 0.1) is 26.4 Å². The summed E-state index contributed by atoms with van der Waals surface area (Å²) in [6, 6.07) is 6.59. The highest BCUT2D eigenvalue weighted by Crippen LogP contribution is 2.33. The fourth-order valence-electron chi connectivity index (χ4n) is 4.01. The molecule has 0 amide bonds. The average molecular weight is 374 g/mol. The number of anilines is 1. The third-order valence-corrected chi connectivity index (χ3v) is 5.42. The molecule has 1 aromatic heterocycles. The number of aromatic nitrogens is 2. The number of hydrogen-bond donors (Lipinski definition) is 1. The lowest BCUT2D eigenvalue weighted by molar-refractivity contribution is -0.0564. The minimum absolute atomic E-state index is 0.221. The third-order valence-electron chi connectivity index (χ3n) is 5.42. The zero-order chi connectivity index (χ0) is 18.7. The van der Waals surface area contributed by atoms with Crippen LogP contribution < -0.4 is 5.32 Å². The number of hydrogen-bond acceptors (Lipinski definition) is 5. The Morgan fingerprint density at radius 2 is 2.33 bits per heavy atom. The van der Waals surface area contributed by atoms with Crippen molar-refractivity contribution in [3.63, 3.8) is 0 Å². The van der Waals surface area contributed by atoms with Gasteiger partial charge in [0.25, 0.3) is 0 Å². The molecule has 2 saturated heterocycles. The first-order valence-electron chi connectivity index (χ1n) is 9.52. The number of ether oxygens (including phenoxy) is 2. The average Bonchev–Trinajstić information content (AvgIpc) is 3.17. The summed E-state index contributed by atoms with van der Waals surface area (Å²) in [5, 5.41) is 3.33. The number of aryl methyl sites for hydroxylation is 1. The molecule has 7 heteroatoms. The van der Waals surface area contributed by atoms with E-state index in [9.17, 15) is 4.39 Å². The minimum atomic E-state index is -0.268. The molecule has 0 radical (unpaired) electrons. The van der Waals surface area contributed by atoms with Crippen LogP contribution in [0.15, 0.2) is 36.7 Å². The van der Waals surface area contributed by atoms with Crippen LogP contribution in [0.2, 0.25) is 0 Å². The number of rotatable bonds is 5. The monoisotopic (exact) mass is 374 g/mol. The fourth-order valence-corrected chi connectivity index (χ4v) is 4.01. The van der Waals surface area contributed by atoms with Gasteiger partial charge >= 0.3 is 0 Å². The topological polar surface area (TPSA) is 51.5 Å². The first-order valence-corrected chi connectivity index (χ1v) is 9.52. The van der Waals surface area contributed by atoms with Gasteiger partial charge in [-0.1, -0.05) is 6.07 Å². The van der Waals surface area contributed by atoms with Gasteiger partial charge in [-0.15, -0.1) is 0 Å². The summed E-state index contributed by atoms with van der Waals surface area (Å²) in [6.45, 7) is 5.32. The fraction of sp³-hybridized carbons (Fsp3) is 0.550. The molecular formula is C20H27FN4O2. The van der Waals surface area contributed by atoms with Crippen molar-refractivity contribution in [2.24, 2.45) is 13.0 Å². The van der Waals surface area contributed by atoms with Gasteiger partial charge in [-0.25, -0.2) is 9.37 Å². The van der Waals surface area contributed by atoms with Crippen molar-refractivity contribution in [1.82, 2.24) is 14.5 Å². The van der Waals surface area contributed by atoms with Gasteiger partial charge in [0.15, 0.2) is 0 Å². The predicted octanol–water partition coefficient (Wildman–Crippen LogP) is 2.28. The van der Waals surface area contributed by atoms with Crippen LogP contribution in [0.1, 0.15) is 12.2 Å². The quantitative estimate of drug-likeness (QED) is 0.870. The second kappa shape index (κ2) is 7.96. The Kier molecular flexibility index (Phi) is 5.43. The predicted molar refractivity (Wildman–Crippen MR) is 101 cm³/mol. The maximum Gasteiger partial charge on any atom is 0.125 e. The van der Waals surface area contributed by atoms with Gasteiger partial charge < -0.3 is 19.4 Å². The van der Waals surface area contributed by atoms with Crippen LogP contribution in [0.4, 0.5) is 10.1 Å². The zero-order valence-corrected chi connectivity index (χ0v) is 15.7. The first kappa shape index (κ1) is 18.4. The smallest absolute Gasteiger partial charge is 0.125 e. The summed E-state index contributed by atoms with van der Waals surface area (Å²) in [7, 11) is 2.02. The Labute approximate surface area is 159 Å².